The van der Waals surface area contributed by atoms with Crippen LogP contribution in [-0.2, 0) is 0 Å². The van der Waals surface area contributed by atoms with Crippen LogP contribution in [0, 0.1) is 0 Å². The van der Waals surface area contributed by atoms with Crippen LogP contribution in [-0.4, -0.2) is 23.7 Å². The summed E-state index contributed by atoms with van der Waals surface area (Å²) in [6.07, 6.45) is 0.0751. The lowest BCUT2D eigenvalue weighted by Gasteiger charge is -2.11. The van der Waals surface area contributed by atoms with E-state index in [0.717, 1.165) is 0 Å². The predicted molar refractivity (Wildman–Crippen MR) is 75.9 cm³/mol. The van der Waals surface area contributed by atoms with Crippen LogP contribution in [0.25, 0.3) is 0 Å². The summed E-state index contributed by atoms with van der Waals surface area (Å²) in [6, 6.07) is 7.02. The van der Waals surface area contributed by atoms with Crippen molar-refractivity contribution >= 4 is 23.2 Å². The fourth-order valence-corrected chi connectivity index (χ4v) is 1.60. The molecule has 0 aromatic heterocycles. The highest BCUT2D eigenvalue weighted by molar-refractivity contribution is 7.80. The van der Waals surface area contributed by atoms with Gasteiger partial charge < -0.3 is 10.1 Å². The summed E-state index contributed by atoms with van der Waals surface area (Å²) in [5.74, 6) is 0.433. The standard InChI is InChI=1S/C13H18N2O2S/c1-4-14-13(18)15-12(16)10-6-5-7-11(8-10)17-9(2)3/h5-9H,4H2,1-3H3,(H2,14,15,16,18). The monoisotopic (exact) mass is 266 g/mol. The molecule has 0 aliphatic rings. The molecule has 1 amide bonds. The van der Waals surface area contributed by atoms with Crippen LogP contribution in [0.4, 0.5) is 0 Å². The summed E-state index contributed by atoms with van der Waals surface area (Å²) in [5.41, 5.74) is 0.522. The van der Waals surface area contributed by atoms with Crippen LogP contribution >= 0.6 is 12.2 Å². The van der Waals surface area contributed by atoms with E-state index in [1.807, 2.05) is 26.8 Å². The molecule has 0 unspecified atom stereocenters. The first kappa shape index (κ1) is 14.4. The van der Waals surface area contributed by atoms with Gasteiger partial charge in [-0.15, -0.1) is 0 Å². The Morgan fingerprint density at radius 3 is 2.78 bits per heavy atom. The van der Waals surface area contributed by atoms with E-state index in [1.54, 1.807) is 18.2 Å². The van der Waals surface area contributed by atoms with Gasteiger partial charge in [-0.05, 0) is 51.2 Å². The summed E-state index contributed by atoms with van der Waals surface area (Å²) >= 11 is 4.96. The molecule has 2 N–H and O–H groups in total. The average Bonchev–Trinajstić information content (AvgIpc) is 2.28. The highest BCUT2D eigenvalue weighted by atomic mass is 32.1. The lowest BCUT2D eigenvalue weighted by molar-refractivity contribution is 0.0976. The minimum Gasteiger partial charge on any atom is -0.491 e. The molecule has 0 saturated heterocycles. The van der Waals surface area contributed by atoms with Gasteiger partial charge >= 0.3 is 0 Å². The van der Waals surface area contributed by atoms with E-state index in [4.69, 9.17) is 17.0 Å². The van der Waals surface area contributed by atoms with Crippen molar-refractivity contribution in [3.05, 3.63) is 29.8 Å². The predicted octanol–water partition coefficient (Wildman–Crippen LogP) is 2.10. The smallest absolute Gasteiger partial charge is 0.257 e. The van der Waals surface area contributed by atoms with Crippen LogP contribution in [0.15, 0.2) is 24.3 Å². The van der Waals surface area contributed by atoms with Gasteiger partial charge in [-0.3, -0.25) is 10.1 Å². The van der Waals surface area contributed by atoms with Crippen LogP contribution < -0.4 is 15.4 Å². The summed E-state index contributed by atoms with van der Waals surface area (Å²) < 4.78 is 5.53. The fraction of sp³-hybridized carbons (Fsp3) is 0.385. The summed E-state index contributed by atoms with van der Waals surface area (Å²) in [7, 11) is 0. The fourth-order valence-electron chi connectivity index (χ4n) is 1.36. The topological polar surface area (TPSA) is 50.4 Å². The molecule has 0 spiro atoms. The maximum absolute atomic E-state index is 11.9. The molecule has 0 saturated carbocycles. The van der Waals surface area contributed by atoms with Crippen LogP contribution in [0.1, 0.15) is 31.1 Å². The Hall–Kier alpha value is -1.62. The highest BCUT2D eigenvalue weighted by Gasteiger charge is 2.08. The van der Waals surface area contributed by atoms with E-state index in [9.17, 15) is 4.79 Å². The molecule has 0 bridgehead atoms. The minimum absolute atomic E-state index is 0.0751. The lowest BCUT2D eigenvalue weighted by Crippen LogP contribution is -2.39. The zero-order valence-electron chi connectivity index (χ0n) is 10.8. The Labute approximate surface area is 113 Å². The highest BCUT2D eigenvalue weighted by Crippen LogP contribution is 2.14. The molecule has 0 atom stereocenters. The zero-order chi connectivity index (χ0) is 13.5. The first-order valence-electron chi connectivity index (χ1n) is 5.88. The van der Waals surface area contributed by atoms with Crippen molar-refractivity contribution in [3.63, 3.8) is 0 Å². The van der Waals surface area contributed by atoms with Crippen molar-refractivity contribution in [1.82, 2.24) is 10.6 Å². The number of ether oxygens (including phenoxy) is 1. The van der Waals surface area contributed by atoms with Gasteiger partial charge in [0.25, 0.3) is 5.91 Å². The zero-order valence-corrected chi connectivity index (χ0v) is 11.6. The van der Waals surface area contributed by atoms with Gasteiger partial charge in [-0.2, -0.15) is 0 Å². The number of nitrogens with one attached hydrogen (secondary N) is 2. The molecule has 1 aromatic rings. The Morgan fingerprint density at radius 2 is 2.17 bits per heavy atom. The number of thiocarbonyl (C=S) groups is 1. The second kappa shape index (κ2) is 6.96. The van der Waals surface area contributed by atoms with Gasteiger partial charge in [0.15, 0.2) is 5.11 Å². The van der Waals surface area contributed by atoms with E-state index in [-0.39, 0.29) is 12.0 Å². The number of benzene rings is 1. The van der Waals surface area contributed by atoms with Crippen molar-refractivity contribution in [3.8, 4) is 5.75 Å². The third-order valence-corrected chi connectivity index (χ3v) is 2.28. The van der Waals surface area contributed by atoms with Gasteiger partial charge in [0.05, 0.1) is 6.10 Å². The summed E-state index contributed by atoms with van der Waals surface area (Å²) in [4.78, 5) is 11.9. The third-order valence-electron chi connectivity index (χ3n) is 2.03. The van der Waals surface area contributed by atoms with Crippen molar-refractivity contribution in [2.75, 3.05) is 6.54 Å². The molecular weight excluding hydrogens is 248 g/mol. The molecule has 1 rings (SSSR count). The number of rotatable bonds is 4. The van der Waals surface area contributed by atoms with Gasteiger partial charge in [0.2, 0.25) is 0 Å². The molecule has 0 heterocycles. The molecular formula is C13H18N2O2S. The molecule has 1 aromatic carbocycles. The number of carbonyl (C=O) groups is 1. The lowest BCUT2D eigenvalue weighted by atomic mass is 10.2. The molecule has 5 heteroatoms. The van der Waals surface area contributed by atoms with Crippen LogP contribution in [0.2, 0.25) is 0 Å². The van der Waals surface area contributed by atoms with E-state index in [0.29, 0.717) is 23.0 Å². The summed E-state index contributed by atoms with van der Waals surface area (Å²) in [6.45, 7) is 6.46. The van der Waals surface area contributed by atoms with Gasteiger partial charge in [-0.25, -0.2) is 0 Å². The molecule has 0 aliphatic heterocycles. The number of carbonyl (C=O) groups excluding carboxylic acids is 1. The third kappa shape index (κ3) is 4.71. The van der Waals surface area contributed by atoms with Crippen molar-refractivity contribution in [1.29, 1.82) is 0 Å². The molecule has 98 valence electrons. The Balaban J connectivity index is 2.71. The molecule has 18 heavy (non-hydrogen) atoms. The normalized spacial score (nSPS) is 10.0. The van der Waals surface area contributed by atoms with E-state index < -0.39 is 0 Å². The van der Waals surface area contributed by atoms with Gasteiger partial charge in [-0.1, -0.05) is 6.07 Å². The van der Waals surface area contributed by atoms with E-state index in [2.05, 4.69) is 10.6 Å². The molecule has 0 aliphatic carbocycles. The van der Waals surface area contributed by atoms with Crippen molar-refractivity contribution in [2.24, 2.45) is 0 Å². The van der Waals surface area contributed by atoms with E-state index in [1.165, 1.54) is 0 Å². The number of hydrogen-bond acceptors (Lipinski definition) is 3. The van der Waals surface area contributed by atoms with E-state index >= 15 is 0 Å². The largest absolute Gasteiger partial charge is 0.491 e. The van der Waals surface area contributed by atoms with Crippen LogP contribution in [0.5, 0.6) is 5.75 Å². The Kier molecular flexibility index (Phi) is 5.58. The Morgan fingerprint density at radius 1 is 1.44 bits per heavy atom. The second-order valence-corrected chi connectivity index (χ2v) is 4.42. The number of amides is 1. The molecule has 0 fully saturated rings. The maximum atomic E-state index is 11.9. The first-order chi connectivity index (χ1) is 8.52. The minimum atomic E-state index is -0.241. The van der Waals surface area contributed by atoms with Gasteiger partial charge in [0, 0.05) is 12.1 Å². The summed E-state index contributed by atoms with van der Waals surface area (Å²) in [5, 5.41) is 5.80. The Bertz CT molecular complexity index is 433. The number of hydrogen-bond donors (Lipinski definition) is 2. The van der Waals surface area contributed by atoms with Crippen LogP contribution in [0.3, 0.4) is 0 Å². The molecule has 0 radical (unpaired) electrons. The first-order valence-corrected chi connectivity index (χ1v) is 6.29. The van der Waals surface area contributed by atoms with Gasteiger partial charge in [0.1, 0.15) is 5.75 Å². The SMILES string of the molecule is CCNC(=S)NC(=O)c1cccc(OC(C)C)c1. The van der Waals surface area contributed by atoms with Crippen molar-refractivity contribution in [2.45, 2.75) is 26.9 Å². The second-order valence-electron chi connectivity index (χ2n) is 4.01. The molecule has 4 nitrogen and oxygen atoms in total. The average molecular weight is 266 g/mol. The quantitative estimate of drug-likeness (QED) is 0.819. The van der Waals surface area contributed by atoms with Crippen molar-refractivity contribution < 1.29 is 9.53 Å². The maximum Gasteiger partial charge on any atom is 0.257 e.